The van der Waals surface area contributed by atoms with Gasteiger partial charge in [-0.1, -0.05) is 23.8 Å². The van der Waals surface area contributed by atoms with Crippen molar-refractivity contribution in [1.82, 2.24) is 4.90 Å². The van der Waals surface area contributed by atoms with Gasteiger partial charge in [-0.25, -0.2) is 0 Å². The van der Waals surface area contributed by atoms with Crippen LogP contribution in [0.2, 0.25) is 5.02 Å². The van der Waals surface area contributed by atoms with Crippen molar-refractivity contribution in [1.29, 1.82) is 0 Å². The lowest BCUT2D eigenvalue weighted by atomic mass is 9.71. The van der Waals surface area contributed by atoms with Crippen LogP contribution in [-0.4, -0.2) is 70.1 Å². The highest BCUT2D eigenvalue weighted by Gasteiger charge is 2.74. The van der Waals surface area contributed by atoms with Gasteiger partial charge in [0.15, 0.2) is 0 Å². The Labute approximate surface area is 234 Å². The second kappa shape index (κ2) is 12.7. The molecule has 4 rings (SSSR count). The van der Waals surface area contributed by atoms with Crippen LogP contribution in [0.25, 0.3) is 0 Å². The first kappa shape index (κ1) is 28.7. The quantitative estimate of drug-likeness (QED) is 0.203. The molecule has 3 aliphatic heterocycles. The second-order valence-corrected chi connectivity index (χ2v) is 12.2. The number of ether oxygens (including phenoxy) is 1. The van der Waals surface area contributed by atoms with E-state index < -0.39 is 22.6 Å². The van der Waals surface area contributed by atoms with Crippen molar-refractivity contribution in [2.45, 2.75) is 61.0 Å². The summed E-state index contributed by atoms with van der Waals surface area (Å²) >= 11 is 7.72. The Kier molecular flexibility index (Phi) is 9.60. The van der Waals surface area contributed by atoms with Crippen LogP contribution in [0.3, 0.4) is 0 Å². The van der Waals surface area contributed by atoms with Crippen LogP contribution in [0, 0.1) is 11.8 Å². The first-order chi connectivity index (χ1) is 18.4. The lowest BCUT2D eigenvalue weighted by Crippen LogP contribution is -2.55. The molecule has 3 heterocycles. The van der Waals surface area contributed by atoms with Crippen LogP contribution in [0.4, 0.5) is 5.69 Å². The third-order valence-electron chi connectivity index (χ3n) is 7.88. The fourth-order valence-corrected chi connectivity index (χ4v) is 8.54. The van der Waals surface area contributed by atoms with Gasteiger partial charge in [-0.3, -0.25) is 14.4 Å². The van der Waals surface area contributed by atoms with Gasteiger partial charge in [0.05, 0.1) is 23.2 Å². The highest BCUT2D eigenvalue weighted by Crippen LogP contribution is 2.66. The van der Waals surface area contributed by atoms with E-state index >= 15 is 0 Å². The number of esters is 1. The van der Waals surface area contributed by atoms with E-state index in [1.807, 2.05) is 6.08 Å². The molecule has 38 heavy (non-hydrogen) atoms. The Balaban J connectivity index is 1.64. The number of unbranched alkanes of at least 4 members (excludes halogenated alkanes) is 3. The van der Waals surface area contributed by atoms with Crippen LogP contribution in [0.15, 0.2) is 49.6 Å². The number of anilines is 1. The number of hydrogen-bond donors (Lipinski definition) is 1. The molecular formula is C29H37ClN2O5S. The SMILES string of the molecule is C=CCCCCOC(=O)[C@@H]1[C@@H]2CCC3(S2)C(C(=O)N(CC=C)c2ccc(Cl)cc2)N(CCCCO)C(=O)[C@H]13. The Hall–Kier alpha value is -2.29. The van der Waals surface area contributed by atoms with Crippen LogP contribution >= 0.6 is 23.4 Å². The molecule has 1 aromatic carbocycles. The summed E-state index contributed by atoms with van der Waals surface area (Å²) < 4.78 is 4.98. The summed E-state index contributed by atoms with van der Waals surface area (Å²) in [6.45, 7) is 8.53. The highest BCUT2D eigenvalue weighted by atomic mass is 35.5. The van der Waals surface area contributed by atoms with Crippen molar-refractivity contribution in [2.24, 2.45) is 11.8 Å². The first-order valence-electron chi connectivity index (χ1n) is 13.4. The molecule has 3 aliphatic rings. The van der Waals surface area contributed by atoms with Crippen molar-refractivity contribution >= 4 is 46.8 Å². The number of hydrogen-bond acceptors (Lipinski definition) is 6. The van der Waals surface area contributed by atoms with Gasteiger partial charge in [-0.15, -0.1) is 24.9 Å². The summed E-state index contributed by atoms with van der Waals surface area (Å²) in [5.41, 5.74) is 0.676. The van der Waals surface area contributed by atoms with Gasteiger partial charge in [-0.2, -0.15) is 0 Å². The zero-order valence-corrected chi connectivity index (χ0v) is 23.3. The Morgan fingerprint density at radius 2 is 1.95 bits per heavy atom. The second-order valence-electron chi connectivity index (χ2n) is 10.2. The fraction of sp³-hybridized carbons (Fsp3) is 0.552. The molecule has 5 atom stereocenters. The molecule has 1 N–H and O–H groups in total. The lowest BCUT2D eigenvalue weighted by Gasteiger charge is -2.37. The van der Waals surface area contributed by atoms with Gasteiger partial charge in [0.25, 0.3) is 5.91 Å². The van der Waals surface area contributed by atoms with E-state index in [1.54, 1.807) is 51.9 Å². The monoisotopic (exact) mass is 560 g/mol. The number of rotatable bonds is 14. The standard InChI is InChI=1S/C29H37ClN2O5S/c1-3-5-6-9-19-37-28(36)23-22-14-15-29(38-22)24(23)26(34)32(17-7-8-18-33)25(29)27(35)31(16-4-2)21-12-10-20(30)11-13-21/h3-4,10-13,22-25,33H,1-2,5-9,14-19H2/t22-,23+,24-,25?,29?/m0/s1. The number of aliphatic hydroxyl groups is 1. The fourth-order valence-electron chi connectivity index (χ4n) is 6.21. The number of amides is 2. The van der Waals surface area contributed by atoms with Crippen LogP contribution < -0.4 is 4.90 Å². The molecule has 2 unspecified atom stereocenters. The normalized spacial score (nSPS) is 27.3. The van der Waals surface area contributed by atoms with Crippen molar-refractivity contribution < 1.29 is 24.2 Å². The summed E-state index contributed by atoms with van der Waals surface area (Å²) in [7, 11) is 0. The maximum absolute atomic E-state index is 14.3. The minimum Gasteiger partial charge on any atom is -0.465 e. The average molecular weight is 561 g/mol. The molecule has 2 amide bonds. The summed E-state index contributed by atoms with van der Waals surface area (Å²) in [6, 6.07) is 6.33. The van der Waals surface area contributed by atoms with Crippen LogP contribution in [0.1, 0.15) is 44.9 Å². The summed E-state index contributed by atoms with van der Waals surface area (Å²) in [5.74, 6) is -1.81. The predicted octanol–water partition coefficient (Wildman–Crippen LogP) is 4.62. The van der Waals surface area contributed by atoms with Crippen LogP contribution in [0.5, 0.6) is 0 Å². The molecule has 0 saturated carbocycles. The molecule has 9 heteroatoms. The zero-order valence-electron chi connectivity index (χ0n) is 21.7. The Morgan fingerprint density at radius 1 is 1.18 bits per heavy atom. The number of benzene rings is 1. The Morgan fingerprint density at radius 3 is 2.63 bits per heavy atom. The van der Waals surface area contributed by atoms with E-state index in [2.05, 4.69) is 13.2 Å². The molecule has 206 valence electrons. The van der Waals surface area contributed by atoms with E-state index in [9.17, 15) is 19.5 Å². The molecule has 0 aromatic heterocycles. The van der Waals surface area contributed by atoms with Crippen molar-refractivity contribution in [3.63, 3.8) is 0 Å². The molecule has 3 fully saturated rings. The molecule has 0 radical (unpaired) electrons. The molecule has 1 aromatic rings. The lowest BCUT2D eigenvalue weighted by molar-refractivity contribution is -0.154. The van der Waals surface area contributed by atoms with E-state index in [4.69, 9.17) is 16.3 Å². The van der Waals surface area contributed by atoms with Crippen molar-refractivity contribution in [2.75, 3.05) is 31.2 Å². The minimum atomic E-state index is -0.713. The van der Waals surface area contributed by atoms with Gasteiger partial charge >= 0.3 is 5.97 Å². The number of nitrogens with zero attached hydrogens (tertiary/aromatic N) is 2. The Bertz CT molecular complexity index is 1050. The molecule has 0 aliphatic carbocycles. The molecular weight excluding hydrogens is 524 g/mol. The smallest absolute Gasteiger partial charge is 0.310 e. The molecule has 1 spiro atoms. The molecule has 3 saturated heterocycles. The minimum absolute atomic E-state index is 0.0141. The number of aliphatic hydroxyl groups excluding tert-OH is 1. The van der Waals surface area contributed by atoms with E-state index in [0.717, 1.165) is 25.7 Å². The van der Waals surface area contributed by atoms with Gasteiger partial charge in [-0.05, 0) is 69.2 Å². The average Bonchev–Trinajstić information content (AvgIpc) is 3.55. The van der Waals surface area contributed by atoms with Gasteiger partial charge < -0.3 is 19.6 Å². The number of halogens is 1. The number of carbonyl (C=O) groups is 3. The summed E-state index contributed by atoms with van der Waals surface area (Å²) in [4.78, 5) is 45.0. The topological polar surface area (TPSA) is 87.2 Å². The molecule has 2 bridgehead atoms. The number of thioether (sulfide) groups is 1. The third-order valence-corrected chi connectivity index (χ3v) is 10.1. The van der Waals surface area contributed by atoms with Gasteiger partial charge in [0.2, 0.25) is 5.91 Å². The van der Waals surface area contributed by atoms with Crippen LogP contribution in [-0.2, 0) is 19.1 Å². The number of fused-ring (bicyclic) bond motifs is 1. The third kappa shape index (κ3) is 5.40. The first-order valence-corrected chi connectivity index (χ1v) is 14.7. The van der Waals surface area contributed by atoms with E-state index in [1.165, 1.54) is 0 Å². The maximum atomic E-state index is 14.3. The highest BCUT2D eigenvalue weighted by molar-refractivity contribution is 8.02. The van der Waals surface area contributed by atoms with Crippen molar-refractivity contribution in [3.05, 3.63) is 54.6 Å². The summed E-state index contributed by atoms with van der Waals surface area (Å²) in [6.07, 6.45) is 8.58. The summed E-state index contributed by atoms with van der Waals surface area (Å²) in [5, 5.41) is 9.88. The largest absolute Gasteiger partial charge is 0.465 e. The maximum Gasteiger partial charge on any atom is 0.310 e. The zero-order chi connectivity index (χ0) is 27.3. The van der Waals surface area contributed by atoms with E-state index in [0.29, 0.717) is 43.1 Å². The van der Waals surface area contributed by atoms with Crippen molar-refractivity contribution in [3.8, 4) is 0 Å². The number of allylic oxidation sites excluding steroid dienone is 1. The van der Waals surface area contributed by atoms with E-state index in [-0.39, 0.29) is 36.2 Å². The number of likely N-dealkylation sites (tertiary alicyclic amines) is 1. The van der Waals surface area contributed by atoms with Gasteiger partial charge in [0.1, 0.15) is 6.04 Å². The predicted molar refractivity (Wildman–Crippen MR) is 151 cm³/mol. The number of carbonyl (C=O) groups excluding carboxylic acids is 3. The molecule has 7 nitrogen and oxygen atoms in total. The van der Waals surface area contributed by atoms with Gasteiger partial charge in [0, 0.05) is 35.7 Å².